The van der Waals surface area contributed by atoms with Crippen molar-refractivity contribution < 1.29 is 14.3 Å². The molecule has 0 amide bonds. The highest BCUT2D eigenvalue weighted by atomic mass is 32.1. The lowest BCUT2D eigenvalue weighted by atomic mass is 10.0. The van der Waals surface area contributed by atoms with Gasteiger partial charge in [-0.3, -0.25) is 0 Å². The van der Waals surface area contributed by atoms with Gasteiger partial charge in [-0.1, -0.05) is 94.2 Å². The minimum Gasteiger partial charge on any atom is -0.135 e. The minimum absolute atomic E-state index is 0. The van der Waals surface area contributed by atoms with E-state index in [0.29, 0.717) is 0 Å². The topological polar surface area (TPSA) is 0 Å². The zero-order chi connectivity index (χ0) is 37.5. The SMILES string of the molecule is C#CC#CC#CC#CC#CC#CC#CC#CC#CC#Cc1ccc(-c2cc3cc4sc(-c5ccc(CCCCCCCCCC)cc5)cc4cc3s2)cc1.[HH].[HH].[HH].[HH].[HH].[HH].[HH].[HH].[HH].[HH]. The first kappa shape index (κ1) is 38.4. The first-order valence-corrected chi connectivity index (χ1v) is 19.5. The third-order valence-electron chi connectivity index (χ3n) is 8.16. The summed E-state index contributed by atoms with van der Waals surface area (Å²) < 4.78 is 2.62. The summed E-state index contributed by atoms with van der Waals surface area (Å²) in [5.74, 6) is 48.9. The quantitative estimate of drug-likeness (QED) is 0.0934. The Morgan fingerprint density at radius 3 is 1.33 bits per heavy atom. The molecule has 2 heterocycles. The van der Waals surface area contributed by atoms with Crippen LogP contribution in [0.15, 0.2) is 72.8 Å². The lowest BCUT2D eigenvalue weighted by Crippen LogP contribution is -1.86. The number of unbranched alkanes of at least 4 members (excludes halogenated alkanes) is 7. The molecule has 0 aliphatic heterocycles. The Kier molecular flexibility index (Phi) is 15.8. The van der Waals surface area contributed by atoms with Crippen LogP contribution in [0.5, 0.6) is 0 Å². The van der Waals surface area contributed by atoms with Crippen molar-refractivity contribution in [1.82, 2.24) is 0 Å². The maximum atomic E-state index is 4.98. The van der Waals surface area contributed by atoms with Crippen molar-refractivity contribution in [2.75, 3.05) is 0 Å². The monoisotopic (exact) mass is 742 g/mol. The highest BCUT2D eigenvalue weighted by molar-refractivity contribution is 7.23. The Labute approximate surface area is 344 Å². The molecule has 274 valence electrons. The average molecular weight is 743 g/mol. The predicted octanol–water partition coefficient (Wildman–Crippen LogP) is 13.6. The highest BCUT2D eigenvalue weighted by Gasteiger charge is 2.10. The van der Waals surface area contributed by atoms with Crippen molar-refractivity contribution in [3.8, 4) is 140 Å². The van der Waals surface area contributed by atoms with E-state index in [2.05, 4.69) is 180 Å². The Morgan fingerprint density at radius 1 is 0.463 bits per heavy atom. The van der Waals surface area contributed by atoms with E-state index in [0.717, 1.165) is 5.56 Å². The van der Waals surface area contributed by atoms with Crippen molar-refractivity contribution in [2.24, 2.45) is 0 Å². The molecule has 0 saturated heterocycles. The van der Waals surface area contributed by atoms with Gasteiger partial charge in [-0.15, -0.1) is 29.1 Å². The fraction of sp³-hybridized carbons (Fsp3) is 0.192. The van der Waals surface area contributed by atoms with Gasteiger partial charge in [0.2, 0.25) is 0 Å². The van der Waals surface area contributed by atoms with Gasteiger partial charge in [0.15, 0.2) is 0 Å². The Hall–Kier alpha value is -6.82. The van der Waals surface area contributed by atoms with E-state index in [9.17, 15) is 0 Å². The molecule has 5 rings (SSSR count). The molecule has 3 aromatic carbocycles. The molecule has 0 bridgehead atoms. The number of benzene rings is 3. The summed E-state index contributed by atoms with van der Waals surface area (Å²) in [4.78, 5) is 2.57. The maximum Gasteiger partial charge on any atom is 0.0356 e. The molecule has 0 saturated carbocycles. The van der Waals surface area contributed by atoms with E-state index < -0.39 is 0 Å². The molecule has 2 aromatic heterocycles. The Morgan fingerprint density at radius 2 is 0.870 bits per heavy atom. The fourth-order valence-corrected chi connectivity index (χ4v) is 7.68. The van der Waals surface area contributed by atoms with Gasteiger partial charge in [-0.05, 0) is 171 Å². The third-order valence-corrected chi connectivity index (χ3v) is 10.5. The molecule has 2 heteroatoms. The second-order valence-corrected chi connectivity index (χ2v) is 14.2. The van der Waals surface area contributed by atoms with Crippen LogP contribution in [0.2, 0.25) is 0 Å². The molecular weight excluding hydrogens is 689 g/mol. The van der Waals surface area contributed by atoms with Gasteiger partial charge in [0.1, 0.15) is 0 Å². The summed E-state index contributed by atoms with van der Waals surface area (Å²) in [6.07, 6.45) is 17.0. The van der Waals surface area contributed by atoms with Crippen LogP contribution in [0.25, 0.3) is 41.1 Å². The van der Waals surface area contributed by atoms with Crippen LogP contribution in [0.1, 0.15) is 83.7 Å². The molecule has 0 unspecified atom stereocenters. The number of hydrogen-bond acceptors (Lipinski definition) is 2. The smallest absolute Gasteiger partial charge is 0.0356 e. The van der Waals surface area contributed by atoms with Crippen molar-refractivity contribution in [2.45, 2.75) is 64.7 Å². The zero-order valence-electron chi connectivity index (χ0n) is 30.2. The standard InChI is InChI=1S/C52H34S2.10H2/c1-3-5-7-9-11-13-14-15-16-17-18-19-20-21-22-24-26-28-30-44-33-37-46(38-34-44)50-40-48-42-51-47(41-52(48)54-50)39-49(53-51)45-35-31-43(32-36-45)29-27-25-23-12-10-8-6-4-2;;;;;;;;;;/h1,31-42H,4,6,8,10,12,23,25,27,29H2,2H3;10*1H. The summed E-state index contributed by atoms with van der Waals surface area (Å²) in [5, 5.41) is 2.58. The van der Waals surface area contributed by atoms with Crippen LogP contribution in [0, 0.1) is 119 Å². The molecule has 0 aliphatic carbocycles. The normalized spacial score (nSPS) is 8.89. The Bertz CT molecular complexity index is 2730. The van der Waals surface area contributed by atoms with Crippen molar-refractivity contribution in [1.29, 1.82) is 0 Å². The van der Waals surface area contributed by atoms with Gasteiger partial charge >= 0.3 is 0 Å². The van der Waals surface area contributed by atoms with E-state index in [4.69, 9.17) is 6.42 Å². The predicted molar refractivity (Wildman–Crippen MR) is 253 cm³/mol. The van der Waals surface area contributed by atoms with Gasteiger partial charge in [0, 0.05) is 50.8 Å². The van der Waals surface area contributed by atoms with Crippen LogP contribution in [-0.2, 0) is 6.42 Å². The summed E-state index contributed by atoms with van der Waals surface area (Å²) >= 11 is 3.70. The molecule has 0 N–H and O–H groups in total. The average Bonchev–Trinajstić information content (AvgIpc) is 3.81. The van der Waals surface area contributed by atoms with Crippen molar-refractivity contribution >= 4 is 42.8 Å². The van der Waals surface area contributed by atoms with Gasteiger partial charge in [-0.2, -0.15) is 0 Å². The summed E-state index contributed by atoms with van der Waals surface area (Å²) in [6.45, 7) is 2.28. The van der Waals surface area contributed by atoms with Crippen LogP contribution in [0.3, 0.4) is 0 Å². The largest absolute Gasteiger partial charge is 0.135 e. The molecule has 0 aliphatic rings. The molecular formula is C52H54S2. The molecule has 54 heavy (non-hydrogen) atoms. The molecule has 0 spiro atoms. The first-order valence-electron chi connectivity index (χ1n) is 17.9. The number of hydrogen-bond donors (Lipinski definition) is 0. The lowest BCUT2D eigenvalue weighted by Gasteiger charge is -2.04. The van der Waals surface area contributed by atoms with Crippen LogP contribution < -0.4 is 0 Å². The molecule has 0 radical (unpaired) electrons. The van der Waals surface area contributed by atoms with Crippen LogP contribution in [0.4, 0.5) is 0 Å². The number of fused-ring (bicyclic) bond motifs is 2. The summed E-state index contributed by atoms with van der Waals surface area (Å²) in [5.41, 5.74) is 4.81. The number of terminal acetylenes is 1. The highest BCUT2D eigenvalue weighted by Crippen LogP contribution is 2.40. The number of thiophene rings is 2. The van der Waals surface area contributed by atoms with Gasteiger partial charge in [0.25, 0.3) is 0 Å². The summed E-state index contributed by atoms with van der Waals surface area (Å²) in [7, 11) is 0. The first-order chi connectivity index (χ1) is 26.7. The van der Waals surface area contributed by atoms with E-state index >= 15 is 0 Å². The van der Waals surface area contributed by atoms with Gasteiger partial charge in [-0.25, -0.2) is 0 Å². The zero-order valence-corrected chi connectivity index (χ0v) is 31.8. The van der Waals surface area contributed by atoms with Crippen molar-refractivity contribution in [3.63, 3.8) is 0 Å². The molecule has 5 aromatic rings. The Balaban J connectivity index is -0.000000841. The molecule has 0 fully saturated rings. The van der Waals surface area contributed by atoms with Crippen LogP contribution in [-0.4, -0.2) is 0 Å². The molecule has 0 nitrogen and oxygen atoms in total. The second-order valence-electron chi connectivity index (χ2n) is 12.0. The number of rotatable bonds is 11. The van der Waals surface area contributed by atoms with Gasteiger partial charge in [0.05, 0.1) is 0 Å². The van der Waals surface area contributed by atoms with E-state index in [1.54, 1.807) is 0 Å². The van der Waals surface area contributed by atoms with E-state index in [1.807, 2.05) is 34.8 Å². The minimum atomic E-state index is 0. The van der Waals surface area contributed by atoms with Gasteiger partial charge < -0.3 is 0 Å². The second kappa shape index (κ2) is 22.2. The van der Waals surface area contributed by atoms with E-state index in [1.165, 1.54) is 104 Å². The third kappa shape index (κ3) is 12.7. The lowest BCUT2D eigenvalue weighted by molar-refractivity contribution is 0.575. The molecule has 0 atom stereocenters. The fourth-order valence-electron chi connectivity index (χ4n) is 5.48. The maximum absolute atomic E-state index is 4.98. The number of aryl methyl sites for hydroxylation is 1. The van der Waals surface area contributed by atoms with Crippen molar-refractivity contribution in [3.05, 3.63) is 83.9 Å². The summed E-state index contributed by atoms with van der Waals surface area (Å²) in [6, 6.07) is 26.8. The van der Waals surface area contributed by atoms with Crippen LogP contribution >= 0.6 is 22.7 Å². The van der Waals surface area contributed by atoms with E-state index in [-0.39, 0.29) is 14.3 Å².